The smallest absolute Gasteiger partial charge is 0.318 e. The minimum absolute atomic E-state index is 0.0420. The van der Waals surface area contributed by atoms with E-state index in [-0.39, 0.29) is 41.6 Å². The number of aromatic nitrogens is 2. The molecule has 0 saturated carbocycles. The summed E-state index contributed by atoms with van der Waals surface area (Å²) in [4.78, 5) is 50.1. The van der Waals surface area contributed by atoms with Gasteiger partial charge < -0.3 is 4.74 Å². The molecule has 3 aromatic rings. The lowest BCUT2D eigenvalue weighted by molar-refractivity contribution is -0.152. The van der Waals surface area contributed by atoms with Crippen molar-refractivity contribution < 1.29 is 19.1 Å². The Kier molecular flexibility index (Phi) is 6.42. The van der Waals surface area contributed by atoms with E-state index in [2.05, 4.69) is 9.97 Å². The summed E-state index contributed by atoms with van der Waals surface area (Å²) in [6, 6.07) is 13.0. The molecule has 1 amide bonds. The molecule has 0 fully saturated rings. The lowest BCUT2D eigenvalue weighted by Gasteiger charge is -2.30. The van der Waals surface area contributed by atoms with Gasteiger partial charge in [0.25, 0.3) is 5.91 Å². The van der Waals surface area contributed by atoms with E-state index >= 15 is 0 Å². The van der Waals surface area contributed by atoms with Crippen molar-refractivity contribution in [3.05, 3.63) is 64.8 Å². The topological polar surface area (TPSA) is 89.5 Å². The van der Waals surface area contributed by atoms with Gasteiger partial charge in [0, 0.05) is 17.4 Å². The van der Waals surface area contributed by atoms with Gasteiger partial charge in [-0.25, -0.2) is 9.97 Å². The van der Waals surface area contributed by atoms with Gasteiger partial charge >= 0.3 is 5.97 Å². The highest BCUT2D eigenvalue weighted by Gasteiger charge is 2.48. The molecule has 2 aromatic heterocycles. The number of rotatable bonds is 7. The SMILES string of the molecule is CCOC(=O)C(C(=O)CC(C)C)C1c2ccccc2C(=O)N1c1ccc2ccc(Cl)nc2n1. The summed E-state index contributed by atoms with van der Waals surface area (Å²) >= 11 is 6.04. The summed E-state index contributed by atoms with van der Waals surface area (Å²) < 4.78 is 5.29. The molecular weight excluding hydrogens is 442 g/mol. The number of ketones is 1. The highest BCUT2D eigenvalue weighted by Crippen LogP contribution is 2.43. The van der Waals surface area contributed by atoms with Crippen molar-refractivity contribution in [1.29, 1.82) is 0 Å². The van der Waals surface area contributed by atoms with Crippen LogP contribution in [0.4, 0.5) is 5.82 Å². The average Bonchev–Trinajstić information content (AvgIpc) is 3.05. The fourth-order valence-corrected chi connectivity index (χ4v) is 4.36. The summed E-state index contributed by atoms with van der Waals surface area (Å²) in [5.41, 5.74) is 1.39. The van der Waals surface area contributed by atoms with Gasteiger partial charge in [0.05, 0.1) is 12.6 Å². The number of pyridine rings is 2. The van der Waals surface area contributed by atoms with Crippen molar-refractivity contribution in [2.24, 2.45) is 11.8 Å². The second kappa shape index (κ2) is 9.27. The maximum Gasteiger partial charge on any atom is 0.318 e. The monoisotopic (exact) mass is 465 g/mol. The third-order valence-electron chi connectivity index (χ3n) is 5.57. The number of Topliss-reactive ketones (excluding diaryl/α,β-unsaturated/α-hetero) is 1. The molecule has 7 nitrogen and oxygen atoms in total. The molecule has 1 aromatic carbocycles. The number of fused-ring (bicyclic) bond motifs is 2. The molecule has 170 valence electrons. The molecule has 33 heavy (non-hydrogen) atoms. The van der Waals surface area contributed by atoms with E-state index in [9.17, 15) is 14.4 Å². The van der Waals surface area contributed by atoms with Crippen LogP contribution in [0.5, 0.6) is 0 Å². The van der Waals surface area contributed by atoms with Gasteiger partial charge in [-0.1, -0.05) is 43.6 Å². The van der Waals surface area contributed by atoms with Crippen molar-refractivity contribution in [2.45, 2.75) is 33.2 Å². The Morgan fingerprint density at radius 3 is 2.55 bits per heavy atom. The van der Waals surface area contributed by atoms with E-state index in [1.807, 2.05) is 13.8 Å². The van der Waals surface area contributed by atoms with Gasteiger partial charge in [0.1, 0.15) is 22.7 Å². The van der Waals surface area contributed by atoms with Crippen LogP contribution in [0.2, 0.25) is 5.15 Å². The van der Waals surface area contributed by atoms with E-state index in [4.69, 9.17) is 16.3 Å². The van der Waals surface area contributed by atoms with E-state index in [0.29, 0.717) is 16.8 Å². The number of esters is 1. The maximum absolute atomic E-state index is 13.5. The van der Waals surface area contributed by atoms with Gasteiger partial charge in [-0.2, -0.15) is 0 Å². The average molecular weight is 466 g/mol. The highest BCUT2D eigenvalue weighted by atomic mass is 35.5. The van der Waals surface area contributed by atoms with Gasteiger partial charge in [0.15, 0.2) is 5.65 Å². The van der Waals surface area contributed by atoms with Crippen molar-refractivity contribution >= 4 is 46.1 Å². The number of carbonyl (C=O) groups excluding carboxylic acids is 3. The molecule has 3 heterocycles. The number of anilines is 1. The lowest BCUT2D eigenvalue weighted by Crippen LogP contribution is -2.41. The third-order valence-corrected chi connectivity index (χ3v) is 5.78. The van der Waals surface area contributed by atoms with Crippen LogP contribution in [0.1, 0.15) is 49.2 Å². The Labute approximate surface area is 196 Å². The van der Waals surface area contributed by atoms with Crippen LogP contribution in [-0.4, -0.2) is 34.2 Å². The fraction of sp³-hybridized carbons (Fsp3) is 0.320. The van der Waals surface area contributed by atoms with Crippen molar-refractivity contribution in [2.75, 3.05) is 11.5 Å². The Balaban J connectivity index is 1.88. The number of hydrogen-bond acceptors (Lipinski definition) is 6. The maximum atomic E-state index is 13.5. The minimum Gasteiger partial charge on any atom is -0.465 e. The highest BCUT2D eigenvalue weighted by molar-refractivity contribution is 6.29. The normalized spacial score (nSPS) is 16.2. The zero-order valence-corrected chi connectivity index (χ0v) is 19.4. The molecule has 8 heteroatoms. The van der Waals surface area contributed by atoms with Gasteiger partial charge in [0.2, 0.25) is 0 Å². The second-order valence-electron chi connectivity index (χ2n) is 8.35. The van der Waals surface area contributed by atoms with Crippen LogP contribution in [-0.2, 0) is 14.3 Å². The predicted octanol–water partition coefficient (Wildman–Crippen LogP) is 4.78. The first-order valence-corrected chi connectivity index (χ1v) is 11.2. The van der Waals surface area contributed by atoms with Crippen molar-refractivity contribution in [3.8, 4) is 0 Å². The van der Waals surface area contributed by atoms with Crippen molar-refractivity contribution in [1.82, 2.24) is 9.97 Å². The number of nitrogens with zero attached hydrogens (tertiary/aromatic N) is 3. The van der Waals surface area contributed by atoms with Crippen LogP contribution < -0.4 is 4.90 Å². The predicted molar refractivity (Wildman–Crippen MR) is 125 cm³/mol. The quantitative estimate of drug-likeness (QED) is 0.283. The molecule has 0 N–H and O–H groups in total. The summed E-state index contributed by atoms with van der Waals surface area (Å²) in [5, 5.41) is 1.03. The largest absolute Gasteiger partial charge is 0.465 e. The first-order chi connectivity index (χ1) is 15.8. The first-order valence-electron chi connectivity index (χ1n) is 10.9. The molecule has 2 unspecified atom stereocenters. The van der Waals surface area contributed by atoms with E-state index < -0.39 is 17.9 Å². The Morgan fingerprint density at radius 1 is 1.09 bits per heavy atom. The first kappa shape index (κ1) is 22.9. The van der Waals surface area contributed by atoms with E-state index in [1.165, 1.54) is 4.90 Å². The molecular formula is C25H24ClN3O4. The number of amides is 1. The van der Waals surface area contributed by atoms with E-state index in [0.717, 1.165) is 5.39 Å². The molecule has 1 aliphatic rings. The van der Waals surface area contributed by atoms with Crippen LogP contribution in [0, 0.1) is 11.8 Å². The molecule has 0 radical (unpaired) electrons. The number of benzene rings is 1. The van der Waals surface area contributed by atoms with Gasteiger partial charge in [-0.3, -0.25) is 19.3 Å². The Hall–Kier alpha value is -3.32. The van der Waals surface area contributed by atoms with Crippen molar-refractivity contribution in [3.63, 3.8) is 0 Å². The van der Waals surface area contributed by atoms with Crippen LogP contribution in [0.3, 0.4) is 0 Å². The standard InChI is InChI=1S/C25H24ClN3O4/c1-4-33-25(32)21(18(30)13-14(2)3)22-16-7-5-6-8-17(16)24(31)29(22)20-12-10-15-9-11-19(26)27-23(15)28-20/h5-12,14,21-22H,4,13H2,1-3H3. The van der Waals surface area contributed by atoms with Crippen LogP contribution in [0.25, 0.3) is 11.0 Å². The molecule has 0 aliphatic carbocycles. The summed E-state index contributed by atoms with van der Waals surface area (Å²) in [5.74, 6) is -2.11. The molecule has 4 rings (SSSR count). The zero-order valence-electron chi connectivity index (χ0n) is 18.6. The zero-order chi connectivity index (χ0) is 23.7. The summed E-state index contributed by atoms with van der Waals surface area (Å²) in [6.45, 7) is 5.63. The number of carbonyl (C=O) groups is 3. The number of halogens is 1. The summed E-state index contributed by atoms with van der Waals surface area (Å²) in [7, 11) is 0. The number of ether oxygens (including phenoxy) is 1. The van der Waals surface area contributed by atoms with Crippen LogP contribution >= 0.6 is 11.6 Å². The van der Waals surface area contributed by atoms with Crippen LogP contribution in [0.15, 0.2) is 48.5 Å². The van der Waals surface area contributed by atoms with Gasteiger partial charge in [-0.05, 0) is 48.7 Å². The second-order valence-corrected chi connectivity index (χ2v) is 8.74. The lowest BCUT2D eigenvalue weighted by atomic mass is 9.86. The fourth-order valence-electron chi connectivity index (χ4n) is 4.22. The van der Waals surface area contributed by atoms with Gasteiger partial charge in [-0.15, -0.1) is 0 Å². The molecule has 0 bridgehead atoms. The summed E-state index contributed by atoms with van der Waals surface area (Å²) in [6.07, 6.45) is 0.187. The molecule has 1 aliphatic heterocycles. The third kappa shape index (κ3) is 4.33. The minimum atomic E-state index is -1.18. The number of hydrogen-bond donors (Lipinski definition) is 0. The molecule has 0 saturated heterocycles. The van der Waals surface area contributed by atoms with E-state index in [1.54, 1.807) is 55.5 Å². The molecule has 2 atom stereocenters. The Bertz CT molecular complexity index is 1240. The Morgan fingerprint density at radius 2 is 1.82 bits per heavy atom. The molecule has 0 spiro atoms.